The maximum absolute atomic E-state index is 4.27. The van der Waals surface area contributed by atoms with E-state index in [2.05, 4.69) is 27.1 Å². The second-order valence-electron chi connectivity index (χ2n) is 3.04. The number of rotatable bonds is 0. The lowest BCUT2D eigenvalue weighted by Gasteiger charge is -1.94. The van der Waals surface area contributed by atoms with Gasteiger partial charge in [0.15, 0.2) is 12.4 Å². The standard InChI is InChI=1S/C10H7N3/c1-2-13-10-4-8-6-11-5-7(8)3-9(10)12-1/h1-6,12H/p+1. The van der Waals surface area contributed by atoms with Gasteiger partial charge in [0.1, 0.15) is 0 Å². The third-order valence-electron chi connectivity index (χ3n) is 2.21. The van der Waals surface area contributed by atoms with Crippen molar-refractivity contribution in [3.8, 4) is 0 Å². The molecule has 0 saturated carbocycles. The van der Waals surface area contributed by atoms with Gasteiger partial charge in [0.05, 0.1) is 21.8 Å². The number of aromatic amines is 2. The predicted octanol–water partition coefficient (Wildman–Crippen LogP) is 1.53. The molecule has 0 fully saturated rings. The van der Waals surface area contributed by atoms with Crippen LogP contribution in [0.25, 0.3) is 21.8 Å². The number of nitrogens with zero attached hydrogens (tertiary/aromatic N) is 1. The number of H-pyrrole nitrogens is 2. The van der Waals surface area contributed by atoms with Crippen LogP contribution < -0.4 is 4.98 Å². The zero-order valence-corrected chi connectivity index (χ0v) is 6.91. The minimum absolute atomic E-state index is 0.995. The van der Waals surface area contributed by atoms with E-state index in [4.69, 9.17) is 0 Å². The van der Waals surface area contributed by atoms with E-state index in [-0.39, 0.29) is 0 Å². The van der Waals surface area contributed by atoms with Gasteiger partial charge in [0.2, 0.25) is 0 Å². The van der Waals surface area contributed by atoms with Crippen LogP contribution in [0.4, 0.5) is 0 Å². The highest BCUT2D eigenvalue weighted by atomic mass is 14.8. The second kappa shape index (κ2) is 2.29. The number of benzene rings is 1. The Morgan fingerprint density at radius 1 is 1.15 bits per heavy atom. The van der Waals surface area contributed by atoms with Crippen molar-refractivity contribution in [2.24, 2.45) is 0 Å². The highest BCUT2D eigenvalue weighted by Gasteiger charge is 2.02. The first kappa shape index (κ1) is 6.60. The molecule has 1 aromatic carbocycles. The molecular weight excluding hydrogens is 162 g/mol. The summed E-state index contributed by atoms with van der Waals surface area (Å²) in [4.78, 5) is 10.5. The molecule has 0 saturated heterocycles. The lowest BCUT2D eigenvalue weighted by Crippen LogP contribution is -1.87. The molecule has 2 aromatic heterocycles. The number of aromatic nitrogens is 3. The molecule has 3 rings (SSSR count). The quantitative estimate of drug-likeness (QED) is 0.546. The van der Waals surface area contributed by atoms with Crippen LogP contribution in [0.2, 0.25) is 0 Å². The molecule has 0 amide bonds. The molecule has 3 heteroatoms. The van der Waals surface area contributed by atoms with E-state index in [9.17, 15) is 0 Å². The lowest BCUT2D eigenvalue weighted by atomic mass is 10.2. The average molecular weight is 170 g/mol. The monoisotopic (exact) mass is 170 g/mol. The molecule has 0 aliphatic rings. The fourth-order valence-electron chi connectivity index (χ4n) is 1.56. The summed E-state index contributed by atoms with van der Waals surface area (Å²) in [6, 6.07) is 4.16. The Morgan fingerprint density at radius 2 is 2.00 bits per heavy atom. The van der Waals surface area contributed by atoms with E-state index in [1.54, 1.807) is 6.20 Å². The Hall–Kier alpha value is -1.90. The lowest BCUT2D eigenvalue weighted by molar-refractivity contribution is -0.371. The summed E-state index contributed by atoms with van der Waals surface area (Å²) < 4.78 is 0. The Kier molecular flexibility index (Phi) is 1.16. The molecule has 0 spiro atoms. The van der Waals surface area contributed by atoms with Crippen molar-refractivity contribution in [2.75, 3.05) is 0 Å². The van der Waals surface area contributed by atoms with Gasteiger partial charge < -0.3 is 4.98 Å². The van der Waals surface area contributed by atoms with Gasteiger partial charge in [-0.3, -0.25) is 4.98 Å². The summed E-state index contributed by atoms with van der Waals surface area (Å²) in [6.45, 7) is 0. The predicted molar refractivity (Wildman–Crippen MR) is 50.2 cm³/mol. The van der Waals surface area contributed by atoms with Crippen LogP contribution in [0.5, 0.6) is 0 Å². The van der Waals surface area contributed by atoms with Crippen molar-refractivity contribution in [3.63, 3.8) is 0 Å². The number of hydrogen-bond donors (Lipinski definition) is 1. The van der Waals surface area contributed by atoms with Crippen LogP contribution in [0.1, 0.15) is 0 Å². The van der Waals surface area contributed by atoms with Gasteiger partial charge in [-0.2, -0.15) is 0 Å². The summed E-state index contributed by atoms with van der Waals surface area (Å²) in [5, 5.41) is 2.40. The Bertz CT molecular complexity index is 519. The van der Waals surface area contributed by atoms with E-state index >= 15 is 0 Å². The molecule has 0 aliphatic carbocycles. The van der Waals surface area contributed by atoms with Crippen molar-refractivity contribution in [2.45, 2.75) is 0 Å². The summed E-state index contributed by atoms with van der Waals surface area (Å²) in [5.41, 5.74) is 2.06. The second-order valence-corrected chi connectivity index (χ2v) is 3.04. The number of fused-ring (bicyclic) bond motifs is 2. The van der Waals surface area contributed by atoms with E-state index in [0.29, 0.717) is 0 Å². The van der Waals surface area contributed by atoms with Gasteiger partial charge >= 0.3 is 0 Å². The molecule has 2 heterocycles. The molecule has 3 aromatic rings. The smallest absolute Gasteiger partial charge is 0.175 e. The summed E-state index contributed by atoms with van der Waals surface area (Å²) >= 11 is 0. The topological polar surface area (TPSA) is 42.8 Å². The number of nitrogens with one attached hydrogen (secondary N) is 2. The van der Waals surface area contributed by atoms with E-state index in [1.807, 2.05) is 18.6 Å². The van der Waals surface area contributed by atoms with Crippen LogP contribution in [-0.4, -0.2) is 9.97 Å². The Balaban J connectivity index is 2.57. The van der Waals surface area contributed by atoms with Gasteiger partial charge in [0.25, 0.3) is 0 Å². The number of hydrogen-bond acceptors (Lipinski definition) is 1. The highest BCUT2D eigenvalue weighted by Crippen LogP contribution is 2.17. The summed E-state index contributed by atoms with van der Waals surface area (Å²) in [6.07, 6.45) is 7.56. The van der Waals surface area contributed by atoms with Gasteiger partial charge in [-0.25, -0.2) is 4.98 Å². The molecule has 0 unspecified atom stereocenters. The minimum Gasteiger partial charge on any atom is -0.358 e. The fourth-order valence-corrected chi connectivity index (χ4v) is 1.56. The molecule has 13 heavy (non-hydrogen) atoms. The van der Waals surface area contributed by atoms with E-state index in [0.717, 1.165) is 11.0 Å². The maximum Gasteiger partial charge on any atom is 0.175 e. The van der Waals surface area contributed by atoms with Crippen LogP contribution in [0.3, 0.4) is 0 Å². The molecule has 0 radical (unpaired) electrons. The first-order valence-electron chi connectivity index (χ1n) is 4.16. The summed E-state index contributed by atoms with van der Waals surface area (Å²) in [5.74, 6) is 0. The molecule has 2 N–H and O–H groups in total. The third-order valence-corrected chi connectivity index (χ3v) is 2.21. The molecule has 0 atom stereocenters. The fraction of sp³-hybridized carbons (Fsp3) is 0. The zero-order chi connectivity index (χ0) is 8.67. The summed E-state index contributed by atoms with van der Waals surface area (Å²) in [7, 11) is 0. The third kappa shape index (κ3) is 0.902. The maximum atomic E-state index is 4.27. The molecular formula is C10H8N3+. The van der Waals surface area contributed by atoms with E-state index < -0.39 is 0 Å². The first-order valence-corrected chi connectivity index (χ1v) is 4.16. The van der Waals surface area contributed by atoms with Crippen LogP contribution in [0.15, 0.2) is 36.9 Å². The molecule has 3 nitrogen and oxygen atoms in total. The van der Waals surface area contributed by atoms with Gasteiger partial charge in [-0.15, -0.1) is 0 Å². The van der Waals surface area contributed by atoms with Gasteiger partial charge in [-0.05, 0) is 12.1 Å². The van der Waals surface area contributed by atoms with Crippen molar-refractivity contribution < 1.29 is 4.98 Å². The largest absolute Gasteiger partial charge is 0.358 e. The average Bonchev–Trinajstić information content (AvgIpc) is 2.61. The Morgan fingerprint density at radius 3 is 2.92 bits per heavy atom. The molecule has 0 bridgehead atoms. The highest BCUT2D eigenvalue weighted by molar-refractivity contribution is 5.93. The zero-order valence-electron chi connectivity index (χ0n) is 6.91. The van der Waals surface area contributed by atoms with Crippen LogP contribution >= 0.6 is 0 Å². The van der Waals surface area contributed by atoms with Crippen LogP contribution in [-0.2, 0) is 0 Å². The molecule has 0 aliphatic heterocycles. The van der Waals surface area contributed by atoms with Crippen molar-refractivity contribution in [1.82, 2.24) is 9.97 Å². The Labute approximate surface area is 74.4 Å². The SMILES string of the molecule is c1c[nH]c2cc3c[nH+]cc3cc2n1. The van der Waals surface area contributed by atoms with Crippen molar-refractivity contribution in [1.29, 1.82) is 0 Å². The van der Waals surface area contributed by atoms with E-state index in [1.165, 1.54) is 10.8 Å². The van der Waals surface area contributed by atoms with Crippen molar-refractivity contribution >= 4 is 21.8 Å². The van der Waals surface area contributed by atoms with Gasteiger partial charge in [-0.1, -0.05) is 0 Å². The van der Waals surface area contributed by atoms with Crippen LogP contribution in [0, 0.1) is 0 Å². The normalized spacial score (nSPS) is 11.1. The van der Waals surface area contributed by atoms with Gasteiger partial charge in [0, 0.05) is 12.4 Å². The molecule has 62 valence electrons. The first-order chi connectivity index (χ1) is 6.43. The minimum atomic E-state index is 0.995. The van der Waals surface area contributed by atoms with Crippen molar-refractivity contribution in [3.05, 3.63) is 36.9 Å².